The van der Waals surface area contributed by atoms with Crippen LogP contribution in [0.4, 0.5) is 0 Å². The molecule has 1 aromatic carbocycles. The van der Waals surface area contributed by atoms with E-state index in [4.69, 9.17) is 0 Å². The molecular formula is C18H28N4O3S. The zero-order valence-corrected chi connectivity index (χ0v) is 16.0. The Labute approximate surface area is 155 Å². The van der Waals surface area contributed by atoms with Crippen molar-refractivity contribution in [3.05, 3.63) is 35.9 Å². The SMILES string of the molecule is CN=C(NCCCc1ccccc1)NCCC(=O)NC1CCS(=O)(=O)C1. The summed E-state index contributed by atoms with van der Waals surface area (Å²) in [6.07, 6.45) is 2.77. The van der Waals surface area contributed by atoms with E-state index in [1.807, 2.05) is 18.2 Å². The van der Waals surface area contributed by atoms with Crippen LogP contribution in [-0.4, -0.2) is 58.0 Å². The molecule has 0 aromatic heterocycles. The highest BCUT2D eigenvalue weighted by Crippen LogP contribution is 2.11. The monoisotopic (exact) mass is 380 g/mol. The van der Waals surface area contributed by atoms with Crippen LogP contribution >= 0.6 is 0 Å². The molecule has 2 rings (SSSR count). The van der Waals surface area contributed by atoms with Gasteiger partial charge >= 0.3 is 0 Å². The third-order valence-electron chi connectivity index (χ3n) is 4.24. The average Bonchev–Trinajstić information content (AvgIpc) is 2.96. The predicted molar refractivity (Wildman–Crippen MR) is 104 cm³/mol. The first-order chi connectivity index (χ1) is 12.5. The molecule has 1 atom stereocenters. The van der Waals surface area contributed by atoms with Gasteiger partial charge in [-0.3, -0.25) is 9.79 Å². The summed E-state index contributed by atoms with van der Waals surface area (Å²) in [5, 5.41) is 9.10. The molecule has 0 aliphatic carbocycles. The largest absolute Gasteiger partial charge is 0.356 e. The molecule has 1 aliphatic rings. The van der Waals surface area contributed by atoms with E-state index in [0.717, 1.165) is 19.4 Å². The predicted octanol–water partition coefficient (Wildman–Crippen LogP) is 0.478. The number of hydrogen-bond donors (Lipinski definition) is 3. The minimum Gasteiger partial charge on any atom is -0.356 e. The van der Waals surface area contributed by atoms with Crippen LogP contribution < -0.4 is 16.0 Å². The number of aliphatic imine (C=N–C) groups is 1. The number of hydrogen-bond acceptors (Lipinski definition) is 4. The van der Waals surface area contributed by atoms with Crippen molar-refractivity contribution < 1.29 is 13.2 Å². The topological polar surface area (TPSA) is 99.7 Å². The summed E-state index contributed by atoms with van der Waals surface area (Å²) in [6, 6.07) is 10.1. The molecule has 0 saturated carbocycles. The minimum atomic E-state index is -2.97. The maximum Gasteiger partial charge on any atom is 0.222 e. The van der Waals surface area contributed by atoms with Crippen molar-refractivity contribution in [1.82, 2.24) is 16.0 Å². The first-order valence-electron chi connectivity index (χ1n) is 8.97. The highest BCUT2D eigenvalue weighted by molar-refractivity contribution is 7.91. The summed E-state index contributed by atoms with van der Waals surface area (Å²) in [6.45, 7) is 1.24. The molecule has 26 heavy (non-hydrogen) atoms. The molecule has 1 heterocycles. The number of nitrogens with zero attached hydrogens (tertiary/aromatic N) is 1. The van der Waals surface area contributed by atoms with E-state index in [1.54, 1.807) is 7.05 Å². The van der Waals surface area contributed by atoms with Crippen LogP contribution in [-0.2, 0) is 21.1 Å². The Morgan fingerprint density at radius 3 is 2.58 bits per heavy atom. The van der Waals surface area contributed by atoms with Crippen LogP contribution in [0.1, 0.15) is 24.8 Å². The zero-order valence-electron chi connectivity index (χ0n) is 15.2. The highest BCUT2D eigenvalue weighted by atomic mass is 32.2. The molecule has 7 nitrogen and oxygen atoms in total. The summed E-state index contributed by atoms with van der Waals surface area (Å²) in [5.41, 5.74) is 1.31. The van der Waals surface area contributed by atoms with Gasteiger partial charge in [0.05, 0.1) is 11.5 Å². The number of rotatable bonds is 8. The third kappa shape index (κ3) is 7.43. The van der Waals surface area contributed by atoms with Crippen molar-refractivity contribution in [1.29, 1.82) is 0 Å². The average molecular weight is 381 g/mol. The second-order valence-corrected chi connectivity index (χ2v) is 8.66. The van der Waals surface area contributed by atoms with Gasteiger partial charge in [0.25, 0.3) is 0 Å². The van der Waals surface area contributed by atoms with Gasteiger partial charge in [0.2, 0.25) is 5.91 Å². The molecule has 1 fully saturated rings. The fraction of sp³-hybridized carbons (Fsp3) is 0.556. The Hall–Kier alpha value is -2.09. The second-order valence-electron chi connectivity index (χ2n) is 6.43. The molecule has 8 heteroatoms. The van der Waals surface area contributed by atoms with Crippen LogP contribution in [0.3, 0.4) is 0 Å². The Morgan fingerprint density at radius 2 is 1.92 bits per heavy atom. The summed E-state index contributed by atoms with van der Waals surface area (Å²) in [7, 11) is -1.28. The number of aryl methyl sites for hydroxylation is 1. The molecule has 1 unspecified atom stereocenters. The van der Waals surface area contributed by atoms with E-state index < -0.39 is 9.84 Å². The number of nitrogens with one attached hydrogen (secondary N) is 3. The molecule has 0 spiro atoms. The Balaban J connectivity index is 1.57. The quantitative estimate of drug-likeness (QED) is 0.346. The first kappa shape index (κ1) is 20.2. The lowest BCUT2D eigenvalue weighted by Gasteiger charge is -2.13. The second kappa shape index (κ2) is 10.2. The number of carbonyl (C=O) groups is 1. The van der Waals surface area contributed by atoms with Crippen molar-refractivity contribution in [3.63, 3.8) is 0 Å². The minimum absolute atomic E-state index is 0.0524. The van der Waals surface area contributed by atoms with E-state index >= 15 is 0 Å². The van der Waals surface area contributed by atoms with E-state index in [2.05, 4.69) is 33.1 Å². The standard InChI is InChI=1S/C18H28N4O3S/c1-19-18(20-11-5-8-15-6-3-2-4-7-15)21-12-9-17(23)22-16-10-13-26(24,25)14-16/h2-4,6-7,16H,5,8-14H2,1H3,(H,22,23)(H2,19,20,21). The van der Waals surface area contributed by atoms with Crippen LogP contribution in [0.15, 0.2) is 35.3 Å². The van der Waals surface area contributed by atoms with Gasteiger partial charge in [-0.15, -0.1) is 0 Å². The molecule has 1 aromatic rings. The van der Waals surface area contributed by atoms with Gasteiger partial charge in [0.1, 0.15) is 0 Å². The fourth-order valence-electron chi connectivity index (χ4n) is 2.87. The van der Waals surface area contributed by atoms with Gasteiger partial charge in [-0.1, -0.05) is 30.3 Å². The van der Waals surface area contributed by atoms with Gasteiger partial charge in [0.15, 0.2) is 15.8 Å². The van der Waals surface area contributed by atoms with Crippen molar-refractivity contribution in [2.24, 2.45) is 4.99 Å². The number of amides is 1. The lowest BCUT2D eigenvalue weighted by Crippen LogP contribution is -2.41. The van der Waals surface area contributed by atoms with Crippen molar-refractivity contribution in [2.45, 2.75) is 31.7 Å². The Bertz CT molecular complexity index is 704. The molecular weight excluding hydrogens is 352 g/mol. The van der Waals surface area contributed by atoms with Gasteiger partial charge in [-0.25, -0.2) is 8.42 Å². The number of guanidine groups is 1. The molecule has 1 saturated heterocycles. The molecule has 3 N–H and O–H groups in total. The van der Waals surface area contributed by atoms with Crippen molar-refractivity contribution in [2.75, 3.05) is 31.6 Å². The van der Waals surface area contributed by atoms with Gasteiger partial charge in [0, 0.05) is 32.6 Å². The summed E-state index contributed by atoms with van der Waals surface area (Å²) < 4.78 is 22.8. The third-order valence-corrected chi connectivity index (χ3v) is 6.01. The lowest BCUT2D eigenvalue weighted by molar-refractivity contribution is -0.121. The van der Waals surface area contributed by atoms with Crippen molar-refractivity contribution >= 4 is 21.7 Å². The number of benzene rings is 1. The zero-order chi connectivity index (χ0) is 18.8. The fourth-order valence-corrected chi connectivity index (χ4v) is 4.54. The van der Waals surface area contributed by atoms with Crippen molar-refractivity contribution in [3.8, 4) is 0 Å². The summed E-state index contributed by atoms with van der Waals surface area (Å²) in [4.78, 5) is 16.0. The smallest absolute Gasteiger partial charge is 0.222 e. The van der Waals surface area contributed by atoms with Crippen LogP contribution in [0.25, 0.3) is 0 Å². The lowest BCUT2D eigenvalue weighted by atomic mass is 10.1. The van der Waals surface area contributed by atoms with Crippen LogP contribution in [0.5, 0.6) is 0 Å². The molecule has 144 valence electrons. The van der Waals surface area contributed by atoms with E-state index in [1.165, 1.54) is 5.56 Å². The Kier molecular flexibility index (Phi) is 7.90. The molecule has 0 bridgehead atoms. The number of carbonyl (C=O) groups excluding carboxylic acids is 1. The number of sulfone groups is 1. The van der Waals surface area contributed by atoms with Gasteiger partial charge < -0.3 is 16.0 Å². The van der Waals surface area contributed by atoms with Gasteiger partial charge in [-0.2, -0.15) is 0 Å². The Morgan fingerprint density at radius 1 is 1.19 bits per heavy atom. The molecule has 1 amide bonds. The van der Waals surface area contributed by atoms with E-state index in [-0.39, 0.29) is 29.9 Å². The maximum absolute atomic E-state index is 11.9. The van der Waals surface area contributed by atoms with Crippen LogP contribution in [0, 0.1) is 0 Å². The maximum atomic E-state index is 11.9. The highest BCUT2D eigenvalue weighted by Gasteiger charge is 2.28. The van der Waals surface area contributed by atoms with Crippen LogP contribution in [0.2, 0.25) is 0 Å². The van der Waals surface area contributed by atoms with Gasteiger partial charge in [-0.05, 0) is 24.8 Å². The summed E-state index contributed by atoms with van der Waals surface area (Å²) >= 11 is 0. The first-order valence-corrected chi connectivity index (χ1v) is 10.8. The molecule has 0 radical (unpaired) electrons. The normalized spacial score (nSPS) is 19.1. The molecule has 1 aliphatic heterocycles. The van der Waals surface area contributed by atoms with E-state index in [0.29, 0.717) is 18.9 Å². The van der Waals surface area contributed by atoms with E-state index in [9.17, 15) is 13.2 Å². The summed E-state index contributed by atoms with van der Waals surface area (Å²) in [5.74, 6) is 0.737.